The molecule has 2 aromatic heterocycles. The van der Waals surface area contributed by atoms with Gasteiger partial charge < -0.3 is 20.9 Å². The Morgan fingerprint density at radius 2 is 1.97 bits per heavy atom. The Labute approximate surface area is 174 Å². The maximum Gasteiger partial charge on any atom is 0.263 e. The zero-order valence-corrected chi connectivity index (χ0v) is 17.7. The predicted molar refractivity (Wildman–Crippen MR) is 113 cm³/mol. The van der Waals surface area contributed by atoms with Crippen molar-refractivity contribution in [2.75, 3.05) is 11.1 Å². The van der Waals surface area contributed by atoms with Crippen molar-refractivity contribution in [3.63, 3.8) is 0 Å². The van der Waals surface area contributed by atoms with E-state index in [0.717, 1.165) is 12.0 Å². The normalized spacial score (nSPS) is 15.4. The van der Waals surface area contributed by atoms with Gasteiger partial charge in [-0.25, -0.2) is 4.98 Å². The van der Waals surface area contributed by atoms with Gasteiger partial charge in [-0.1, -0.05) is 32.0 Å². The second-order valence-electron chi connectivity index (χ2n) is 9.18. The number of hydrogen-bond donors (Lipinski definition) is 3. The molecule has 0 aliphatic carbocycles. The van der Waals surface area contributed by atoms with E-state index in [4.69, 9.17) is 10.3 Å². The van der Waals surface area contributed by atoms with Gasteiger partial charge in [0.1, 0.15) is 11.4 Å². The third-order valence-electron chi connectivity index (χ3n) is 4.84. The van der Waals surface area contributed by atoms with Crippen LogP contribution in [0.5, 0.6) is 0 Å². The summed E-state index contributed by atoms with van der Waals surface area (Å²) in [6.45, 7) is 10.00. The number of aromatic nitrogens is 4. The van der Waals surface area contributed by atoms with Gasteiger partial charge in [-0.15, -0.1) is 0 Å². The van der Waals surface area contributed by atoms with Crippen molar-refractivity contribution < 1.29 is 9.32 Å². The van der Waals surface area contributed by atoms with Gasteiger partial charge >= 0.3 is 0 Å². The topological polar surface area (TPSA) is 132 Å². The van der Waals surface area contributed by atoms with Crippen molar-refractivity contribution >= 4 is 23.4 Å². The largest absolute Gasteiger partial charge is 0.383 e. The zero-order chi connectivity index (χ0) is 21.7. The van der Waals surface area contributed by atoms with Gasteiger partial charge in [-0.3, -0.25) is 4.79 Å². The molecule has 3 heterocycles. The van der Waals surface area contributed by atoms with Crippen LogP contribution in [0.15, 0.2) is 28.9 Å². The summed E-state index contributed by atoms with van der Waals surface area (Å²) in [6.07, 6.45) is 2.31. The first-order valence-electron chi connectivity index (χ1n) is 9.71. The lowest BCUT2D eigenvalue weighted by Crippen LogP contribution is -2.49. The van der Waals surface area contributed by atoms with Crippen molar-refractivity contribution in [2.24, 2.45) is 0 Å². The van der Waals surface area contributed by atoms with Gasteiger partial charge in [0.05, 0.1) is 0 Å². The van der Waals surface area contributed by atoms with E-state index >= 15 is 0 Å². The van der Waals surface area contributed by atoms with Crippen LogP contribution in [0.25, 0.3) is 11.5 Å². The van der Waals surface area contributed by atoms with Gasteiger partial charge in [-0.2, -0.15) is 9.97 Å². The summed E-state index contributed by atoms with van der Waals surface area (Å²) in [4.78, 5) is 25.4. The molecule has 1 amide bonds. The van der Waals surface area contributed by atoms with Crippen LogP contribution in [0.3, 0.4) is 0 Å². The maximum absolute atomic E-state index is 12.4. The monoisotopic (exact) mass is 407 g/mol. The van der Waals surface area contributed by atoms with Gasteiger partial charge in [0.2, 0.25) is 5.95 Å². The summed E-state index contributed by atoms with van der Waals surface area (Å²) < 4.78 is 5.32. The smallest absolute Gasteiger partial charge is 0.263 e. The molecule has 9 heteroatoms. The number of hydrogen-bond acceptors (Lipinski definition) is 8. The molecule has 0 radical (unpaired) electrons. The van der Waals surface area contributed by atoms with E-state index in [1.165, 1.54) is 6.20 Å². The SMILES string of the molecule is CC1(C)Cc2ccc(Nc3ncc(-c4nc(C(C)(C)C)no4)c(N)n3)cc2C(=O)N1. The van der Waals surface area contributed by atoms with E-state index in [-0.39, 0.29) is 28.6 Å². The Hall–Kier alpha value is -3.49. The predicted octanol–water partition coefficient (Wildman–Crippen LogP) is 3.21. The maximum atomic E-state index is 12.4. The van der Waals surface area contributed by atoms with Crippen molar-refractivity contribution in [1.29, 1.82) is 0 Å². The summed E-state index contributed by atoms with van der Waals surface area (Å²) >= 11 is 0. The third kappa shape index (κ3) is 3.83. The molecule has 3 aromatic rings. The number of fused-ring (bicyclic) bond motifs is 1. The molecule has 0 unspecified atom stereocenters. The van der Waals surface area contributed by atoms with Gasteiger partial charge in [0.25, 0.3) is 11.8 Å². The average molecular weight is 407 g/mol. The Bertz CT molecular complexity index is 1130. The fourth-order valence-electron chi connectivity index (χ4n) is 3.30. The second-order valence-corrected chi connectivity index (χ2v) is 9.18. The number of rotatable bonds is 3. The van der Waals surface area contributed by atoms with E-state index in [1.807, 2.05) is 46.8 Å². The van der Waals surface area contributed by atoms with E-state index < -0.39 is 0 Å². The highest BCUT2D eigenvalue weighted by Crippen LogP contribution is 2.29. The summed E-state index contributed by atoms with van der Waals surface area (Å²) in [5, 5.41) is 10.1. The minimum absolute atomic E-state index is 0.0910. The molecular weight excluding hydrogens is 382 g/mol. The van der Waals surface area contributed by atoms with Crippen molar-refractivity contribution in [3.05, 3.63) is 41.3 Å². The highest BCUT2D eigenvalue weighted by molar-refractivity contribution is 5.98. The van der Waals surface area contributed by atoms with Crippen LogP contribution in [0.1, 0.15) is 56.4 Å². The first kappa shape index (κ1) is 19.8. The number of amides is 1. The van der Waals surface area contributed by atoms with Crippen LogP contribution < -0.4 is 16.4 Å². The molecule has 0 bridgehead atoms. The first-order valence-corrected chi connectivity index (χ1v) is 9.71. The fraction of sp³-hybridized carbons (Fsp3) is 0.381. The fourth-order valence-corrected chi connectivity index (χ4v) is 3.30. The number of benzene rings is 1. The molecule has 1 aliphatic rings. The van der Waals surface area contributed by atoms with Gasteiger partial charge in [0.15, 0.2) is 5.82 Å². The minimum atomic E-state index is -0.256. The summed E-state index contributed by atoms with van der Waals surface area (Å²) in [5.41, 5.74) is 8.43. The van der Waals surface area contributed by atoms with E-state index in [2.05, 4.69) is 30.7 Å². The number of nitrogens with zero attached hydrogens (tertiary/aromatic N) is 4. The first-order chi connectivity index (χ1) is 14.0. The van der Waals surface area contributed by atoms with Crippen molar-refractivity contribution in [2.45, 2.75) is 52.0 Å². The van der Waals surface area contributed by atoms with Crippen LogP contribution in [-0.4, -0.2) is 31.6 Å². The Kier molecular flexibility index (Phi) is 4.48. The molecule has 0 saturated heterocycles. The Morgan fingerprint density at radius 3 is 2.63 bits per heavy atom. The zero-order valence-electron chi connectivity index (χ0n) is 17.7. The molecule has 4 rings (SSSR count). The molecule has 1 aromatic carbocycles. The van der Waals surface area contributed by atoms with E-state index in [9.17, 15) is 4.79 Å². The standard InChI is InChI=1S/C21H25N7O2/c1-20(2,3)18-26-17(30-28-18)14-10-23-19(25-15(14)22)24-12-7-6-11-9-21(4,5)27-16(29)13(11)8-12/h6-8,10H,9H2,1-5H3,(H,27,29)(H3,22,23,24,25). The Morgan fingerprint density at radius 1 is 1.20 bits per heavy atom. The summed E-state index contributed by atoms with van der Waals surface area (Å²) in [5.74, 6) is 1.29. The number of nitrogens with two attached hydrogens (primary N) is 1. The van der Waals surface area contributed by atoms with Crippen molar-refractivity contribution in [3.8, 4) is 11.5 Å². The number of nitrogens with one attached hydrogen (secondary N) is 2. The Balaban J connectivity index is 1.57. The van der Waals surface area contributed by atoms with Crippen LogP contribution >= 0.6 is 0 Å². The number of anilines is 3. The lowest BCUT2D eigenvalue weighted by molar-refractivity contribution is 0.0897. The summed E-state index contributed by atoms with van der Waals surface area (Å²) in [6, 6.07) is 5.64. The number of carbonyl (C=O) groups excluding carboxylic acids is 1. The quantitative estimate of drug-likeness (QED) is 0.603. The van der Waals surface area contributed by atoms with Crippen LogP contribution in [-0.2, 0) is 11.8 Å². The van der Waals surface area contributed by atoms with Crippen LogP contribution in [0.4, 0.5) is 17.5 Å². The molecule has 30 heavy (non-hydrogen) atoms. The molecule has 1 aliphatic heterocycles. The van der Waals surface area contributed by atoms with E-state index in [0.29, 0.717) is 28.6 Å². The van der Waals surface area contributed by atoms with E-state index in [1.54, 1.807) is 6.07 Å². The van der Waals surface area contributed by atoms with Gasteiger partial charge in [0, 0.05) is 28.4 Å². The number of carbonyl (C=O) groups is 1. The molecule has 0 saturated carbocycles. The van der Waals surface area contributed by atoms with Crippen LogP contribution in [0, 0.1) is 0 Å². The third-order valence-corrected chi connectivity index (χ3v) is 4.84. The lowest BCUT2D eigenvalue weighted by atomic mass is 9.87. The molecular formula is C21H25N7O2. The second kappa shape index (κ2) is 6.79. The average Bonchev–Trinajstić information content (AvgIpc) is 3.12. The molecule has 9 nitrogen and oxygen atoms in total. The minimum Gasteiger partial charge on any atom is -0.383 e. The van der Waals surface area contributed by atoms with Crippen molar-refractivity contribution in [1.82, 2.24) is 25.4 Å². The molecule has 156 valence electrons. The molecule has 4 N–H and O–H groups in total. The molecule has 0 spiro atoms. The molecule has 0 atom stereocenters. The summed E-state index contributed by atoms with van der Waals surface area (Å²) in [7, 11) is 0. The highest BCUT2D eigenvalue weighted by atomic mass is 16.5. The van der Waals surface area contributed by atoms with Crippen LogP contribution in [0.2, 0.25) is 0 Å². The lowest BCUT2D eigenvalue weighted by Gasteiger charge is -2.32. The molecule has 0 fully saturated rings. The van der Waals surface area contributed by atoms with Gasteiger partial charge in [-0.05, 0) is 38.0 Å². The number of nitrogen functional groups attached to an aromatic ring is 1. The highest BCUT2D eigenvalue weighted by Gasteiger charge is 2.30.